The Morgan fingerprint density at radius 3 is 3.00 bits per heavy atom. The molecule has 0 spiro atoms. The van der Waals surface area contributed by atoms with Crippen molar-refractivity contribution in [3.63, 3.8) is 0 Å². The van der Waals surface area contributed by atoms with Gasteiger partial charge in [0.1, 0.15) is 5.92 Å². The second kappa shape index (κ2) is 3.79. The van der Waals surface area contributed by atoms with E-state index in [1.165, 1.54) is 0 Å². The molecule has 0 aliphatic rings. The number of nitriles is 1. The molecule has 1 heterocycles. The summed E-state index contributed by atoms with van der Waals surface area (Å²) in [7, 11) is 0. The Balaban J connectivity index is 2.95. The number of rotatable bonds is 2. The molecule has 0 saturated heterocycles. The van der Waals surface area contributed by atoms with Crippen molar-refractivity contribution in [2.24, 2.45) is 0 Å². The molecule has 1 aromatic heterocycles. The lowest BCUT2D eigenvalue weighted by atomic mass is 10.1. The normalized spacial score (nSPS) is 12.1. The van der Waals surface area contributed by atoms with Crippen LogP contribution in [0.25, 0.3) is 0 Å². The molecule has 4 heteroatoms. The van der Waals surface area contributed by atoms with E-state index in [1.807, 2.05) is 13.0 Å². The second-order valence-electron chi connectivity index (χ2n) is 2.52. The minimum absolute atomic E-state index is 0.214. The van der Waals surface area contributed by atoms with E-state index in [9.17, 15) is 0 Å². The number of hydrogen-bond donors (Lipinski definition) is 1. The molecule has 0 radical (unpaired) electrons. The Morgan fingerprint density at radius 2 is 2.50 bits per heavy atom. The van der Waals surface area contributed by atoms with Gasteiger partial charge in [-0.25, -0.2) is 0 Å². The largest absolute Gasteiger partial charge is 0.395 e. The van der Waals surface area contributed by atoms with Gasteiger partial charge >= 0.3 is 0 Å². The molecular weight excluding hydrogens is 154 g/mol. The number of aliphatic hydroxyl groups is 1. The first-order valence-electron chi connectivity index (χ1n) is 3.57. The van der Waals surface area contributed by atoms with Crippen molar-refractivity contribution in [3.8, 4) is 6.07 Å². The summed E-state index contributed by atoms with van der Waals surface area (Å²) in [6.45, 7) is 1.65. The minimum Gasteiger partial charge on any atom is -0.395 e. The number of aromatic nitrogens is 2. The van der Waals surface area contributed by atoms with E-state index in [2.05, 4.69) is 10.2 Å². The smallest absolute Gasteiger partial charge is 0.113 e. The molecule has 0 aromatic carbocycles. The van der Waals surface area contributed by atoms with E-state index >= 15 is 0 Å². The van der Waals surface area contributed by atoms with E-state index < -0.39 is 5.92 Å². The van der Waals surface area contributed by atoms with E-state index in [1.54, 1.807) is 12.3 Å². The van der Waals surface area contributed by atoms with Crippen LogP contribution in [0.1, 0.15) is 17.2 Å². The summed E-state index contributed by atoms with van der Waals surface area (Å²) in [5.41, 5.74) is 1.47. The Hall–Kier alpha value is -1.47. The third-order valence-electron chi connectivity index (χ3n) is 1.51. The van der Waals surface area contributed by atoms with Gasteiger partial charge in [0.15, 0.2) is 0 Å². The predicted molar refractivity (Wildman–Crippen MR) is 42.2 cm³/mol. The van der Waals surface area contributed by atoms with Gasteiger partial charge in [-0.05, 0) is 18.6 Å². The van der Waals surface area contributed by atoms with Crippen LogP contribution in [-0.2, 0) is 0 Å². The highest BCUT2D eigenvalue weighted by Gasteiger charge is 2.10. The summed E-state index contributed by atoms with van der Waals surface area (Å²) in [5.74, 6) is -0.558. The maximum atomic E-state index is 8.78. The lowest BCUT2D eigenvalue weighted by Gasteiger charge is -2.02. The molecule has 1 aromatic rings. The van der Waals surface area contributed by atoms with Gasteiger partial charge in [0, 0.05) is 0 Å². The monoisotopic (exact) mass is 163 g/mol. The summed E-state index contributed by atoms with van der Waals surface area (Å²) in [4.78, 5) is 0. The van der Waals surface area contributed by atoms with E-state index in [0.29, 0.717) is 5.69 Å². The SMILES string of the molecule is Cc1cnnc(C(C#N)CO)c1. The molecule has 0 aliphatic heterocycles. The maximum absolute atomic E-state index is 8.78. The van der Waals surface area contributed by atoms with Crippen molar-refractivity contribution in [3.05, 3.63) is 23.5 Å². The van der Waals surface area contributed by atoms with Crippen LogP contribution in [0.5, 0.6) is 0 Å². The minimum atomic E-state index is -0.558. The van der Waals surface area contributed by atoms with E-state index in [4.69, 9.17) is 10.4 Å². The third-order valence-corrected chi connectivity index (χ3v) is 1.51. The predicted octanol–water partition coefficient (Wildman–Crippen LogP) is 0.384. The molecule has 0 fully saturated rings. The average molecular weight is 163 g/mol. The standard InChI is InChI=1S/C8H9N3O/c1-6-2-8(11-10-4-6)7(3-9)5-12/h2,4,7,12H,5H2,1H3. The second-order valence-corrected chi connectivity index (χ2v) is 2.52. The van der Waals surface area contributed by atoms with Gasteiger partial charge < -0.3 is 5.11 Å². The summed E-state index contributed by atoms with van der Waals surface area (Å²) in [6, 6.07) is 3.69. The zero-order valence-corrected chi connectivity index (χ0v) is 6.73. The van der Waals surface area contributed by atoms with E-state index in [0.717, 1.165) is 5.56 Å². The average Bonchev–Trinajstić information content (AvgIpc) is 2.07. The van der Waals surface area contributed by atoms with E-state index in [-0.39, 0.29) is 6.61 Å². The molecule has 0 aliphatic carbocycles. The lowest BCUT2D eigenvalue weighted by molar-refractivity contribution is 0.283. The van der Waals surface area contributed by atoms with Crippen LogP contribution in [0.15, 0.2) is 12.3 Å². The molecule has 62 valence electrons. The van der Waals surface area contributed by atoms with Crippen LogP contribution in [-0.4, -0.2) is 21.9 Å². The van der Waals surface area contributed by atoms with Crippen LogP contribution in [0.4, 0.5) is 0 Å². The molecule has 12 heavy (non-hydrogen) atoms. The highest BCUT2D eigenvalue weighted by Crippen LogP contribution is 2.10. The van der Waals surface area contributed by atoms with Gasteiger partial charge in [0.25, 0.3) is 0 Å². The molecule has 4 nitrogen and oxygen atoms in total. The van der Waals surface area contributed by atoms with Gasteiger partial charge in [0.2, 0.25) is 0 Å². The van der Waals surface area contributed by atoms with Crippen LogP contribution in [0.3, 0.4) is 0 Å². The summed E-state index contributed by atoms with van der Waals surface area (Å²) in [5, 5.41) is 24.8. The van der Waals surface area contributed by atoms with Gasteiger partial charge in [-0.15, -0.1) is 0 Å². The number of aryl methyl sites for hydroxylation is 1. The molecular formula is C8H9N3O. The number of hydrogen-bond acceptors (Lipinski definition) is 4. The topological polar surface area (TPSA) is 69.8 Å². The molecule has 1 N–H and O–H groups in total. The fourth-order valence-electron chi connectivity index (χ4n) is 0.857. The Kier molecular flexibility index (Phi) is 2.72. The van der Waals surface area contributed by atoms with Gasteiger partial charge in [-0.2, -0.15) is 15.5 Å². The van der Waals surface area contributed by atoms with Crippen molar-refractivity contribution in [1.82, 2.24) is 10.2 Å². The number of aliphatic hydroxyl groups excluding tert-OH is 1. The fourth-order valence-corrected chi connectivity index (χ4v) is 0.857. The highest BCUT2D eigenvalue weighted by molar-refractivity contribution is 5.19. The van der Waals surface area contributed by atoms with Gasteiger partial charge in [-0.1, -0.05) is 0 Å². The van der Waals surface area contributed by atoms with Crippen molar-refractivity contribution in [1.29, 1.82) is 5.26 Å². The lowest BCUT2D eigenvalue weighted by Crippen LogP contribution is -2.04. The first kappa shape index (κ1) is 8.62. The zero-order chi connectivity index (χ0) is 8.97. The first-order chi connectivity index (χ1) is 5.77. The Bertz CT molecular complexity index is 305. The van der Waals surface area contributed by atoms with Crippen molar-refractivity contribution >= 4 is 0 Å². The van der Waals surface area contributed by atoms with Crippen molar-refractivity contribution in [2.75, 3.05) is 6.61 Å². The highest BCUT2D eigenvalue weighted by atomic mass is 16.3. The van der Waals surface area contributed by atoms with Crippen LogP contribution >= 0.6 is 0 Å². The fraction of sp³-hybridized carbons (Fsp3) is 0.375. The molecule has 1 rings (SSSR count). The van der Waals surface area contributed by atoms with Crippen LogP contribution in [0, 0.1) is 18.3 Å². The molecule has 0 saturated carbocycles. The van der Waals surface area contributed by atoms with Gasteiger partial charge in [0.05, 0.1) is 24.6 Å². The number of nitrogens with zero attached hydrogens (tertiary/aromatic N) is 3. The molecule has 0 amide bonds. The van der Waals surface area contributed by atoms with Gasteiger partial charge in [-0.3, -0.25) is 0 Å². The van der Waals surface area contributed by atoms with Crippen molar-refractivity contribution in [2.45, 2.75) is 12.8 Å². The quantitative estimate of drug-likeness (QED) is 0.684. The van der Waals surface area contributed by atoms with Crippen molar-refractivity contribution < 1.29 is 5.11 Å². The summed E-state index contributed by atoms with van der Waals surface area (Å²) >= 11 is 0. The summed E-state index contributed by atoms with van der Waals surface area (Å²) < 4.78 is 0. The Morgan fingerprint density at radius 1 is 1.75 bits per heavy atom. The first-order valence-corrected chi connectivity index (χ1v) is 3.57. The van der Waals surface area contributed by atoms with Crippen LogP contribution < -0.4 is 0 Å². The third kappa shape index (κ3) is 1.77. The zero-order valence-electron chi connectivity index (χ0n) is 6.73. The molecule has 0 bridgehead atoms. The summed E-state index contributed by atoms with van der Waals surface area (Å²) in [6.07, 6.45) is 1.61. The molecule has 1 unspecified atom stereocenters. The van der Waals surface area contributed by atoms with Crippen LogP contribution in [0.2, 0.25) is 0 Å². The maximum Gasteiger partial charge on any atom is 0.113 e. The Labute approximate surface area is 70.5 Å². The molecule has 1 atom stereocenters.